The average Bonchev–Trinajstić information content (AvgIpc) is 2.25. The topological polar surface area (TPSA) is 111 Å². The lowest BCUT2D eigenvalue weighted by atomic mass is 10.5. The van der Waals surface area contributed by atoms with Crippen molar-refractivity contribution in [2.24, 2.45) is 5.73 Å². The van der Waals surface area contributed by atoms with Gasteiger partial charge >= 0.3 is 0 Å². The van der Waals surface area contributed by atoms with Crippen LogP contribution in [0.4, 0.5) is 0 Å². The lowest BCUT2D eigenvalue weighted by Gasteiger charge is -2.11. The van der Waals surface area contributed by atoms with E-state index in [1.165, 1.54) is 14.0 Å². The number of sulfonamides is 1. The van der Waals surface area contributed by atoms with Crippen molar-refractivity contribution in [3.05, 3.63) is 0 Å². The number of ether oxygens (including phenoxy) is 1. The van der Waals surface area contributed by atoms with E-state index in [1.807, 2.05) is 0 Å². The maximum Gasteiger partial charge on any atom is 0.235 e. The fourth-order valence-corrected chi connectivity index (χ4v) is 1.66. The number of hydrogen-bond acceptors (Lipinski definition) is 5. The zero-order chi connectivity index (χ0) is 12.6. The molecule has 0 aromatic heterocycles. The van der Waals surface area contributed by atoms with E-state index in [4.69, 9.17) is 10.5 Å². The van der Waals surface area contributed by atoms with Crippen LogP contribution in [0.2, 0.25) is 0 Å². The van der Waals surface area contributed by atoms with Gasteiger partial charge in [0.25, 0.3) is 0 Å². The van der Waals surface area contributed by atoms with Crippen LogP contribution in [-0.2, 0) is 19.6 Å². The first-order chi connectivity index (χ1) is 7.44. The second-order valence-electron chi connectivity index (χ2n) is 3.26. The Labute approximate surface area is 95.8 Å². The molecule has 0 fully saturated rings. The Kier molecular flexibility index (Phi) is 7.22. The summed E-state index contributed by atoms with van der Waals surface area (Å²) in [5.74, 6) is -0.398. The molecule has 8 heteroatoms. The van der Waals surface area contributed by atoms with Crippen LogP contribution >= 0.6 is 0 Å². The number of carbonyl (C=O) groups is 1. The SMILES string of the molecule is COCCNC(=O)CNS(=O)(=O)C(C)CN. The molecule has 0 saturated heterocycles. The molecule has 1 unspecified atom stereocenters. The highest BCUT2D eigenvalue weighted by atomic mass is 32.2. The smallest absolute Gasteiger partial charge is 0.235 e. The number of hydrogen-bond donors (Lipinski definition) is 3. The molecule has 96 valence electrons. The van der Waals surface area contributed by atoms with Gasteiger partial charge in [-0.25, -0.2) is 13.1 Å². The molecule has 0 aromatic carbocycles. The van der Waals surface area contributed by atoms with Crippen molar-refractivity contribution in [1.29, 1.82) is 0 Å². The third-order valence-corrected chi connectivity index (χ3v) is 3.72. The first kappa shape index (κ1) is 15.3. The summed E-state index contributed by atoms with van der Waals surface area (Å²) >= 11 is 0. The number of rotatable bonds is 8. The van der Waals surface area contributed by atoms with Gasteiger partial charge in [0.05, 0.1) is 18.4 Å². The molecule has 0 saturated carbocycles. The van der Waals surface area contributed by atoms with Gasteiger partial charge in [0, 0.05) is 20.2 Å². The summed E-state index contributed by atoms with van der Waals surface area (Å²) in [6.07, 6.45) is 0. The Morgan fingerprint density at radius 3 is 2.62 bits per heavy atom. The van der Waals surface area contributed by atoms with E-state index < -0.39 is 21.2 Å². The summed E-state index contributed by atoms with van der Waals surface area (Å²) in [6.45, 7) is 1.95. The number of amides is 1. The van der Waals surface area contributed by atoms with E-state index in [1.54, 1.807) is 0 Å². The largest absolute Gasteiger partial charge is 0.383 e. The first-order valence-electron chi connectivity index (χ1n) is 4.88. The van der Waals surface area contributed by atoms with Crippen molar-refractivity contribution >= 4 is 15.9 Å². The van der Waals surface area contributed by atoms with Crippen molar-refractivity contribution < 1.29 is 17.9 Å². The van der Waals surface area contributed by atoms with Crippen LogP contribution in [0.3, 0.4) is 0 Å². The fourth-order valence-electron chi connectivity index (χ4n) is 0.790. The van der Waals surface area contributed by atoms with Crippen LogP contribution in [0.5, 0.6) is 0 Å². The summed E-state index contributed by atoms with van der Waals surface area (Å²) in [5, 5.41) is 1.78. The molecule has 0 aromatic rings. The molecular weight excluding hydrogens is 234 g/mol. The van der Waals surface area contributed by atoms with Crippen molar-refractivity contribution in [3.8, 4) is 0 Å². The van der Waals surface area contributed by atoms with Crippen LogP contribution < -0.4 is 15.8 Å². The van der Waals surface area contributed by atoms with Gasteiger partial charge in [-0.15, -0.1) is 0 Å². The molecular formula is C8H19N3O4S. The predicted octanol–water partition coefficient (Wildman–Crippen LogP) is -1.98. The zero-order valence-corrected chi connectivity index (χ0v) is 10.3. The van der Waals surface area contributed by atoms with Gasteiger partial charge in [-0.3, -0.25) is 4.79 Å². The van der Waals surface area contributed by atoms with E-state index >= 15 is 0 Å². The molecule has 0 aliphatic heterocycles. The molecule has 1 atom stereocenters. The minimum atomic E-state index is -3.50. The third-order valence-electron chi connectivity index (χ3n) is 1.92. The monoisotopic (exact) mass is 253 g/mol. The van der Waals surface area contributed by atoms with Crippen molar-refractivity contribution in [2.45, 2.75) is 12.2 Å². The standard InChI is InChI=1S/C8H19N3O4S/c1-7(5-9)16(13,14)11-6-8(12)10-3-4-15-2/h7,11H,3-6,9H2,1-2H3,(H,10,12). The van der Waals surface area contributed by atoms with E-state index in [2.05, 4.69) is 10.0 Å². The Hall–Kier alpha value is -0.700. The lowest BCUT2D eigenvalue weighted by Crippen LogP contribution is -2.43. The van der Waals surface area contributed by atoms with Crippen LogP contribution in [-0.4, -0.2) is 52.9 Å². The molecule has 7 nitrogen and oxygen atoms in total. The second-order valence-corrected chi connectivity index (χ2v) is 5.44. The van der Waals surface area contributed by atoms with Gasteiger partial charge in [0.15, 0.2) is 0 Å². The van der Waals surface area contributed by atoms with Crippen LogP contribution in [0.1, 0.15) is 6.92 Å². The van der Waals surface area contributed by atoms with Crippen LogP contribution in [0.15, 0.2) is 0 Å². The number of nitrogens with one attached hydrogen (secondary N) is 2. The van der Waals surface area contributed by atoms with Gasteiger partial charge in [-0.2, -0.15) is 0 Å². The van der Waals surface area contributed by atoms with E-state index in [9.17, 15) is 13.2 Å². The molecule has 0 heterocycles. The lowest BCUT2D eigenvalue weighted by molar-refractivity contribution is -0.120. The maximum absolute atomic E-state index is 11.4. The Balaban J connectivity index is 3.91. The summed E-state index contributed by atoms with van der Waals surface area (Å²) in [4.78, 5) is 11.2. The average molecular weight is 253 g/mol. The molecule has 4 N–H and O–H groups in total. The number of nitrogens with two attached hydrogens (primary N) is 1. The van der Waals surface area contributed by atoms with E-state index in [-0.39, 0.29) is 13.1 Å². The zero-order valence-electron chi connectivity index (χ0n) is 9.52. The number of carbonyl (C=O) groups excluding carboxylic acids is 1. The van der Waals surface area contributed by atoms with Gasteiger partial charge in [0.2, 0.25) is 15.9 Å². The fraction of sp³-hybridized carbons (Fsp3) is 0.875. The minimum absolute atomic E-state index is 0.0145. The van der Waals surface area contributed by atoms with Crippen LogP contribution in [0, 0.1) is 0 Å². The third kappa shape index (κ3) is 6.01. The molecule has 0 aliphatic carbocycles. The van der Waals surface area contributed by atoms with Gasteiger partial charge < -0.3 is 15.8 Å². The highest BCUT2D eigenvalue weighted by molar-refractivity contribution is 7.90. The molecule has 16 heavy (non-hydrogen) atoms. The van der Waals surface area contributed by atoms with Crippen molar-refractivity contribution in [3.63, 3.8) is 0 Å². The molecule has 0 bridgehead atoms. The summed E-state index contributed by atoms with van der Waals surface area (Å²) in [5.41, 5.74) is 5.23. The summed E-state index contributed by atoms with van der Waals surface area (Å²) < 4.78 is 29.7. The molecule has 1 amide bonds. The predicted molar refractivity (Wildman–Crippen MR) is 60.3 cm³/mol. The van der Waals surface area contributed by atoms with Crippen LogP contribution in [0.25, 0.3) is 0 Å². The summed E-state index contributed by atoms with van der Waals surface area (Å²) in [7, 11) is -1.99. The normalized spacial score (nSPS) is 13.4. The highest BCUT2D eigenvalue weighted by Crippen LogP contribution is 1.94. The Morgan fingerprint density at radius 1 is 1.50 bits per heavy atom. The van der Waals surface area contributed by atoms with Crippen molar-refractivity contribution in [1.82, 2.24) is 10.0 Å². The highest BCUT2D eigenvalue weighted by Gasteiger charge is 2.19. The van der Waals surface area contributed by atoms with Crippen molar-refractivity contribution in [2.75, 3.05) is 33.4 Å². The molecule has 0 radical (unpaired) electrons. The first-order valence-corrected chi connectivity index (χ1v) is 6.43. The molecule has 0 rings (SSSR count). The van der Waals surface area contributed by atoms with E-state index in [0.29, 0.717) is 13.2 Å². The molecule has 0 spiro atoms. The van der Waals surface area contributed by atoms with Gasteiger partial charge in [0.1, 0.15) is 0 Å². The summed E-state index contributed by atoms with van der Waals surface area (Å²) in [6, 6.07) is 0. The Bertz CT molecular complexity index is 304. The quantitative estimate of drug-likeness (QED) is 0.434. The van der Waals surface area contributed by atoms with Gasteiger partial charge in [-0.1, -0.05) is 0 Å². The minimum Gasteiger partial charge on any atom is -0.383 e. The Morgan fingerprint density at radius 2 is 2.12 bits per heavy atom. The van der Waals surface area contributed by atoms with Gasteiger partial charge in [-0.05, 0) is 6.92 Å². The second kappa shape index (κ2) is 7.55. The molecule has 0 aliphatic rings. The maximum atomic E-state index is 11.4. The number of methoxy groups -OCH3 is 1. The van der Waals surface area contributed by atoms with E-state index in [0.717, 1.165) is 0 Å².